The van der Waals surface area contributed by atoms with Crippen LogP contribution in [0.25, 0.3) is 0 Å². The van der Waals surface area contributed by atoms with Gasteiger partial charge in [-0.3, -0.25) is 9.69 Å². The van der Waals surface area contributed by atoms with Crippen molar-refractivity contribution >= 4 is 5.91 Å². The number of benzene rings is 1. The summed E-state index contributed by atoms with van der Waals surface area (Å²) in [5.41, 5.74) is 2.53. The van der Waals surface area contributed by atoms with E-state index in [-0.39, 0.29) is 11.9 Å². The van der Waals surface area contributed by atoms with Crippen molar-refractivity contribution in [2.45, 2.75) is 25.8 Å². The average Bonchev–Trinajstić information content (AvgIpc) is 2.79. The molecule has 1 N–H and O–H groups in total. The first-order valence-electron chi connectivity index (χ1n) is 7.97. The van der Waals surface area contributed by atoms with Crippen LogP contribution in [0.2, 0.25) is 0 Å². The van der Waals surface area contributed by atoms with Crippen LogP contribution in [0.15, 0.2) is 24.8 Å². The molecule has 1 amide bonds. The highest BCUT2D eigenvalue weighted by atomic mass is 16.5. The Labute approximate surface area is 138 Å². The van der Waals surface area contributed by atoms with Crippen molar-refractivity contribution in [2.24, 2.45) is 0 Å². The van der Waals surface area contributed by atoms with E-state index in [9.17, 15) is 4.79 Å². The summed E-state index contributed by atoms with van der Waals surface area (Å²) in [5.74, 6) is 1.57. The molecule has 0 fully saturated rings. The van der Waals surface area contributed by atoms with Gasteiger partial charge in [0.1, 0.15) is 0 Å². The molecule has 0 aliphatic carbocycles. The Morgan fingerprint density at radius 2 is 1.78 bits per heavy atom. The molecule has 2 rings (SSSR count). The molecule has 126 valence electrons. The van der Waals surface area contributed by atoms with Crippen molar-refractivity contribution < 1.29 is 14.3 Å². The summed E-state index contributed by atoms with van der Waals surface area (Å²) in [4.78, 5) is 14.4. The number of methoxy groups -OCH3 is 2. The number of fused-ring (bicyclic) bond motifs is 1. The zero-order valence-corrected chi connectivity index (χ0v) is 14.2. The minimum absolute atomic E-state index is 0.0472. The number of amides is 1. The molecule has 1 heterocycles. The van der Waals surface area contributed by atoms with Gasteiger partial charge in [-0.05, 0) is 43.0 Å². The van der Waals surface area contributed by atoms with E-state index in [1.807, 2.05) is 6.92 Å². The van der Waals surface area contributed by atoms with Crippen molar-refractivity contribution in [3.8, 4) is 11.5 Å². The SMILES string of the molecule is C=CCNC(=O)[C@@H](C)N1CCc2cc(OC)c(OC)cc2CC1. The second kappa shape index (κ2) is 8.02. The highest BCUT2D eigenvalue weighted by Crippen LogP contribution is 2.32. The fraction of sp³-hybridized carbons (Fsp3) is 0.500. The average molecular weight is 318 g/mol. The molecule has 0 saturated heterocycles. The Bertz CT molecular complexity index is 537. The van der Waals surface area contributed by atoms with E-state index in [2.05, 4.69) is 28.9 Å². The smallest absolute Gasteiger partial charge is 0.237 e. The predicted octanol–water partition coefficient (Wildman–Crippen LogP) is 1.80. The number of nitrogens with zero attached hydrogens (tertiary/aromatic N) is 1. The molecule has 0 unspecified atom stereocenters. The number of nitrogens with one attached hydrogen (secondary N) is 1. The Morgan fingerprint density at radius 3 is 2.22 bits per heavy atom. The fourth-order valence-electron chi connectivity index (χ4n) is 2.94. The summed E-state index contributed by atoms with van der Waals surface area (Å²) in [6, 6.07) is 3.97. The van der Waals surface area contributed by atoms with Gasteiger partial charge in [0.2, 0.25) is 5.91 Å². The summed E-state index contributed by atoms with van der Waals surface area (Å²) in [6.45, 7) is 7.79. The maximum absolute atomic E-state index is 12.1. The minimum Gasteiger partial charge on any atom is -0.493 e. The third-order valence-corrected chi connectivity index (χ3v) is 4.39. The number of carbonyl (C=O) groups excluding carboxylic acids is 1. The van der Waals surface area contributed by atoms with E-state index in [1.165, 1.54) is 11.1 Å². The molecule has 5 heteroatoms. The third kappa shape index (κ3) is 4.05. The molecule has 0 bridgehead atoms. The van der Waals surface area contributed by atoms with Crippen molar-refractivity contribution in [3.05, 3.63) is 35.9 Å². The van der Waals surface area contributed by atoms with Crippen LogP contribution in [0.3, 0.4) is 0 Å². The van der Waals surface area contributed by atoms with E-state index in [1.54, 1.807) is 20.3 Å². The number of carbonyl (C=O) groups is 1. The van der Waals surface area contributed by atoms with Gasteiger partial charge in [0, 0.05) is 19.6 Å². The zero-order chi connectivity index (χ0) is 16.8. The molecule has 1 atom stereocenters. The van der Waals surface area contributed by atoms with Crippen LogP contribution in [-0.4, -0.2) is 50.7 Å². The maximum atomic E-state index is 12.1. The van der Waals surface area contributed by atoms with E-state index in [4.69, 9.17) is 9.47 Å². The quantitative estimate of drug-likeness (QED) is 0.813. The predicted molar refractivity (Wildman–Crippen MR) is 91.2 cm³/mol. The first-order chi connectivity index (χ1) is 11.1. The van der Waals surface area contributed by atoms with Crippen molar-refractivity contribution in [3.63, 3.8) is 0 Å². The van der Waals surface area contributed by atoms with E-state index < -0.39 is 0 Å². The van der Waals surface area contributed by atoms with Gasteiger partial charge in [0.15, 0.2) is 11.5 Å². The first kappa shape index (κ1) is 17.3. The highest BCUT2D eigenvalue weighted by Gasteiger charge is 2.24. The summed E-state index contributed by atoms with van der Waals surface area (Å²) < 4.78 is 10.8. The molecule has 0 radical (unpaired) electrons. The molecule has 0 aromatic heterocycles. The molecule has 23 heavy (non-hydrogen) atoms. The van der Waals surface area contributed by atoms with Gasteiger partial charge in [-0.2, -0.15) is 0 Å². The van der Waals surface area contributed by atoms with Gasteiger partial charge in [-0.15, -0.1) is 6.58 Å². The standard InChI is InChI=1S/C18H26N2O3/c1-5-8-19-18(21)13(2)20-9-6-14-11-16(22-3)17(23-4)12-15(14)7-10-20/h5,11-13H,1,6-10H2,2-4H3,(H,19,21)/t13-/m1/s1. The van der Waals surface area contributed by atoms with Crippen LogP contribution >= 0.6 is 0 Å². The van der Waals surface area contributed by atoms with Gasteiger partial charge in [0.25, 0.3) is 0 Å². The molecule has 1 aromatic carbocycles. The summed E-state index contributed by atoms with van der Waals surface area (Å²) in [7, 11) is 3.30. The van der Waals surface area contributed by atoms with Crippen LogP contribution in [0.5, 0.6) is 11.5 Å². The van der Waals surface area contributed by atoms with E-state index >= 15 is 0 Å². The number of rotatable bonds is 6. The van der Waals surface area contributed by atoms with Gasteiger partial charge in [0.05, 0.1) is 20.3 Å². The highest BCUT2D eigenvalue weighted by molar-refractivity contribution is 5.81. The van der Waals surface area contributed by atoms with Crippen LogP contribution in [0.1, 0.15) is 18.1 Å². The molecule has 1 aromatic rings. The third-order valence-electron chi connectivity index (χ3n) is 4.39. The Hall–Kier alpha value is -2.01. The summed E-state index contributed by atoms with van der Waals surface area (Å²) in [6.07, 6.45) is 3.49. The Kier molecular flexibility index (Phi) is 6.04. The molecule has 0 spiro atoms. The van der Waals surface area contributed by atoms with Crippen LogP contribution in [-0.2, 0) is 17.6 Å². The lowest BCUT2D eigenvalue weighted by molar-refractivity contribution is -0.125. The van der Waals surface area contributed by atoms with Gasteiger partial charge in [-0.1, -0.05) is 6.08 Å². The lowest BCUT2D eigenvalue weighted by Crippen LogP contribution is -2.46. The number of ether oxygens (including phenoxy) is 2. The van der Waals surface area contributed by atoms with E-state index in [0.29, 0.717) is 6.54 Å². The zero-order valence-electron chi connectivity index (χ0n) is 14.2. The second-order valence-electron chi connectivity index (χ2n) is 5.72. The molecule has 1 aliphatic heterocycles. The van der Waals surface area contributed by atoms with Crippen molar-refractivity contribution in [1.29, 1.82) is 0 Å². The van der Waals surface area contributed by atoms with Crippen molar-refractivity contribution in [2.75, 3.05) is 33.9 Å². The number of hydrogen-bond acceptors (Lipinski definition) is 4. The fourth-order valence-corrected chi connectivity index (χ4v) is 2.94. The molecule has 1 aliphatic rings. The van der Waals surface area contributed by atoms with Crippen LogP contribution in [0, 0.1) is 0 Å². The first-order valence-corrected chi connectivity index (χ1v) is 7.97. The van der Waals surface area contributed by atoms with Crippen molar-refractivity contribution in [1.82, 2.24) is 10.2 Å². The topological polar surface area (TPSA) is 50.8 Å². The molecular formula is C18H26N2O3. The Balaban J connectivity index is 2.10. The van der Waals surface area contributed by atoms with Crippen LogP contribution < -0.4 is 14.8 Å². The monoisotopic (exact) mass is 318 g/mol. The molecule has 0 saturated carbocycles. The normalized spacial score (nSPS) is 16.0. The second-order valence-corrected chi connectivity index (χ2v) is 5.72. The molecule has 5 nitrogen and oxygen atoms in total. The largest absolute Gasteiger partial charge is 0.493 e. The number of hydrogen-bond donors (Lipinski definition) is 1. The lowest BCUT2D eigenvalue weighted by atomic mass is 10.0. The lowest BCUT2D eigenvalue weighted by Gasteiger charge is -2.26. The maximum Gasteiger partial charge on any atom is 0.237 e. The Morgan fingerprint density at radius 1 is 1.26 bits per heavy atom. The summed E-state index contributed by atoms with van der Waals surface area (Å²) >= 11 is 0. The summed E-state index contributed by atoms with van der Waals surface area (Å²) in [5, 5.41) is 2.87. The van der Waals surface area contributed by atoms with Gasteiger partial charge < -0.3 is 14.8 Å². The molecular weight excluding hydrogens is 292 g/mol. The minimum atomic E-state index is -0.145. The van der Waals surface area contributed by atoms with Gasteiger partial charge >= 0.3 is 0 Å². The van der Waals surface area contributed by atoms with Gasteiger partial charge in [-0.25, -0.2) is 0 Å². The van der Waals surface area contributed by atoms with Crippen LogP contribution in [0.4, 0.5) is 0 Å². The van der Waals surface area contributed by atoms with E-state index in [0.717, 1.165) is 37.4 Å².